The summed E-state index contributed by atoms with van der Waals surface area (Å²) >= 11 is 0. The minimum absolute atomic E-state index is 0.0149. The van der Waals surface area contributed by atoms with Crippen LogP contribution in [0.1, 0.15) is 129 Å². The van der Waals surface area contributed by atoms with Crippen LogP contribution in [-0.2, 0) is 23.9 Å². The van der Waals surface area contributed by atoms with Crippen LogP contribution < -0.4 is 32.3 Å². The summed E-state index contributed by atoms with van der Waals surface area (Å²) in [6.07, 6.45) is 2.83. The van der Waals surface area contributed by atoms with E-state index in [2.05, 4.69) is 42.9 Å². The lowest BCUT2D eigenvalue weighted by Crippen LogP contribution is -2.33. The van der Waals surface area contributed by atoms with Gasteiger partial charge in [0.1, 0.15) is 41.1 Å². The fourth-order valence-corrected chi connectivity index (χ4v) is 9.70. The molecule has 0 aliphatic heterocycles. The fourth-order valence-electron chi connectivity index (χ4n) is 9.70. The van der Waals surface area contributed by atoms with E-state index in [4.69, 9.17) is 26.0 Å². The Hall–Kier alpha value is -10.5. The molecule has 2 saturated carbocycles. The van der Waals surface area contributed by atoms with Crippen molar-refractivity contribution < 1.29 is 42.2 Å². The summed E-state index contributed by atoms with van der Waals surface area (Å²) in [5.74, 6) is -3.88. The molecule has 450 valence electrons. The van der Waals surface area contributed by atoms with Gasteiger partial charge in [-0.25, -0.2) is 18.1 Å². The third-order valence-electron chi connectivity index (χ3n) is 14.3. The van der Waals surface area contributed by atoms with Crippen molar-refractivity contribution >= 4 is 52.7 Å². The van der Waals surface area contributed by atoms with Crippen LogP contribution in [0.2, 0.25) is 0 Å². The molecule has 20 nitrogen and oxygen atoms in total. The Morgan fingerprint density at radius 2 is 1.12 bits per heavy atom. The molecule has 2 heterocycles. The second-order valence-corrected chi connectivity index (χ2v) is 21.6. The van der Waals surface area contributed by atoms with E-state index in [1.807, 2.05) is 48.5 Å². The SMILES string of the molecule is CC(=O)OC(C)OC(=O)CC(=O)NC(=N)c1cccc(-n2nc(C)cc2C(=O)Nc2cc(C(NCC3CC3)c3ccccc3)ccc2F)c1.Cc1cc(C(=O)Nc2cc(C(NCC3CC3)c3cccc(C#N)c3)ccc2F)n(-c2cccc(C(=N)N)c2)n1. The lowest BCUT2D eigenvalue weighted by molar-refractivity contribution is -0.182. The zero-order valence-electron chi connectivity index (χ0n) is 48.7. The number of aromatic nitrogens is 4. The molecular weight excluding hydrogens is 1120 g/mol. The van der Waals surface area contributed by atoms with Gasteiger partial charge >= 0.3 is 11.9 Å². The molecule has 2 fully saturated rings. The number of hydrogen-bond donors (Lipinski definition) is 8. The molecule has 3 atom stereocenters. The van der Waals surface area contributed by atoms with Crippen LogP contribution in [0.4, 0.5) is 20.2 Å². The second kappa shape index (κ2) is 28.1. The number of nitrogens with one attached hydrogen (secondary N) is 7. The molecule has 0 bridgehead atoms. The van der Waals surface area contributed by atoms with Gasteiger partial charge in [-0.3, -0.25) is 34.8 Å². The third-order valence-corrected chi connectivity index (χ3v) is 14.3. The smallest absolute Gasteiger partial charge is 0.318 e. The number of amides is 3. The summed E-state index contributed by atoms with van der Waals surface area (Å²) in [6.45, 7) is 7.59. The van der Waals surface area contributed by atoms with Gasteiger partial charge in [-0.1, -0.05) is 78.9 Å². The highest BCUT2D eigenvalue weighted by molar-refractivity contribution is 6.10. The number of amidine groups is 2. The van der Waals surface area contributed by atoms with Gasteiger partial charge in [-0.2, -0.15) is 15.5 Å². The van der Waals surface area contributed by atoms with Crippen LogP contribution >= 0.6 is 0 Å². The number of nitrogens with zero attached hydrogens (tertiary/aromatic N) is 5. The van der Waals surface area contributed by atoms with Crippen molar-refractivity contribution in [2.45, 2.75) is 78.2 Å². The highest BCUT2D eigenvalue weighted by Crippen LogP contribution is 2.34. The Balaban J connectivity index is 0.000000215. The maximum absolute atomic E-state index is 15.1. The Bertz CT molecular complexity index is 3980. The van der Waals surface area contributed by atoms with E-state index < -0.39 is 54.0 Å². The van der Waals surface area contributed by atoms with Crippen molar-refractivity contribution in [1.82, 2.24) is 35.5 Å². The standard InChI is InChI=1S/C36H37FN6O6.C30H28FN7O/c1-21-16-31(36(47)40-30-18-26(14-15-29(30)37)34(39-20-24-12-13-24)25-8-5-4-6-9-25)43(42-21)28-11-7-10-27(17-28)35(38)41-32(45)19-33(46)49-23(3)48-22(2)44;1-18-12-27(38(37-18)24-7-3-6-23(14-24)29(33)34)30(39)36-26-15-22(10-11-25(26)31)28(35-17-19-8-9-19)21-5-2-4-20(13-21)16-32/h4-11,14-18,23-24,34,39H,12-13,19-20H2,1-3H3,(H,40,47)(H2,38,41,45);2-7,10-15,19,28,35H,8-9,17H2,1H3,(H3,33,34)(H,36,39). The van der Waals surface area contributed by atoms with Crippen molar-refractivity contribution in [3.05, 3.63) is 225 Å². The number of ether oxygens (including phenoxy) is 2. The number of anilines is 2. The number of benzene rings is 6. The third kappa shape index (κ3) is 16.5. The molecule has 3 amide bonds. The number of hydrogen-bond acceptors (Lipinski definition) is 14. The molecule has 22 heteroatoms. The van der Waals surface area contributed by atoms with Crippen molar-refractivity contribution in [3.8, 4) is 17.4 Å². The van der Waals surface area contributed by atoms with Gasteiger partial charge in [-0.05, 0) is 160 Å². The van der Waals surface area contributed by atoms with Crippen LogP contribution in [0, 0.1) is 59.5 Å². The Labute approximate surface area is 506 Å². The molecule has 0 spiro atoms. The summed E-state index contributed by atoms with van der Waals surface area (Å²) < 4.78 is 42.5. The van der Waals surface area contributed by atoms with Crippen LogP contribution in [0.5, 0.6) is 0 Å². The second-order valence-electron chi connectivity index (χ2n) is 21.6. The zero-order chi connectivity index (χ0) is 62.6. The quantitative estimate of drug-likeness (QED) is 0.0103. The molecule has 88 heavy (non-hydrogen) atoms. The van der Waals surface area contributed by atoms with Gasteiger partial charge in [0.25, 0.3) is 11.8 Å². The first kappa shape index (κ1) is 62.0. The minimum atomic E-state index is -1.17. The van der Waals surface area contributed by atoms with Gasteiger partial charge in [0.15, 0.2) is 0 Å². The summed E-state index contributed by atoms with van der Waals surface area (Å²) in [4.78, 5) is 62.4. The topological polar surface area (TPSA) is 297 Å². The molecule has 0 saturated heterocycles. The van der Waals surface area contributed by atoms with Gasteiger partial charge < -0.3 is 41.8 Å². The van der Waals surface area contributed by atoms with Gasteiger partial charge in [0.05, 0.1) is 57.9 Å². The average molecular weight is 1190 g/mol. The van der Waals surface area contributed by atoms with E-state index in [-0.39, 0.29) is 52.1 Å². The predicted molar refractivity (Wildman–Crippen MR) is 326 cm³/mol. The Morgan fingerprint density at radius 3 is 1.64 bits per heavy atom. The minimum Gasteiger partial charge on any atom is -0.426 e. The molecule has 2 aromatic heterocycles. The number of aryl methyl sites for hydroxylation is 2. The maximum atomic E-state index is 15.1. The molecule has 10 rings (SSSR count). The Morgan fingerprint density at radius 1 is 0.636 bits per heavy atom. The van der Waals surface area contributed by atoms with E-state index in [0.717, 1.165) is 42.3 Å². The maximum Gasteiger partial charge on any atom is 0.318 e. The molecule has 0 radical (unpaired) electrons. The van der Waals surface area contributed by atoms with E-state index in [1.165, 1.54) is 60.2 Å². The van der Waals surface area contributed by atoms with E-state index >= 15 is 4.39 Å². The summed E-state index contributed by atoms with van der Waals surface area (Å²) in [5.41, 5.74) is 12.9. The largest absolute Gasteiger partial charge is 0.426 e. The summed E-state index contributed by atoms with van der Waals surface area (Å²) in [6, 6.07) is 44.6. The van der Waals surface area contributed by atoms with Crippen LogP contribution in [0.25, 0.3) is 11.4 Å². The molecule has 8 aromatic rings. The van der Waals surface area contributed by atoms with E-state index in [9.17, 15) is 33.6 Å². The Kier molecular flexibility index (Phi) is 19.8. The molecule has 9 N–H and O–H groups in total. The van der Waals surface area contributed by atoms with Crippen LogP contribution in [0.3, 0.4) is 0 Å². The number of carbonyl (C=O) groups excluding carboxylic acids is 5. The normalized spacial score (nSPS) is 13.5. The number of nitriles is 1. The fraction of sp³-hybridized carbons (Fsp3) is 0.242. The summed E-state index contributed by atoms with van der Waals surface area (Å²) in [5, 5.41) is 49.3. The molecular formula is C66H65F2N13O7. The first-order valence-electron chi connectivity index (χ1n) is 28.5. The number of esters is 2. The van der Waals surface area contributed by atoms with E-state index in [1.54, 1.807) is 98.8 Å². The highest BCUT2D eigenvalue weighted by Gasteiger charge is 2.27. The number of nitrogens with two attached hydrogens (primary N) is 1. The van der Waals surface area contributed by atoms with E-state index in [0.29, 0.717) is 45.7 Å². The number of carbonyl (C=O) groups is 5. The van der Waals surface area contributed by atoms with Crippen molar-refractivity contribution in [1.29, 1.82) is 16.1 Å². The lowest BCUT2D eigenvalue weighted by atomic mass is 9.96. The summed E-state index contributed by atoms with van der Waals surface area (Å²) in [7, 11) is 0. The predicted octanol–water partition coefficient (Wildman–Crippen LogP) is 9.76. The van der Waals surface area contributed by atoms with Crippen molar-refractivity contribution in [2.75, 3.05) is 23.7 Å². The first-order chi connectivity index (χ1) is 42.3. The molecule has 6 aromatic carbocycles. The first-order valence-corrected chi connectivity index (χ1v) is 28.5. The number of nitrogen functional groups attached to an aromatic ring is 1. The number of rotatable bonds is 22. The van der Waals surface area contributed by atoms with Gasteiger partial charge in [-0.15, -0.1) is 0 Å². The monoisotopic (exact) mass is 1190 g/mol. The zero-order valence-corrected chi connectivity index (χ0v) is 48.7. The van der Waals surface area contributed by atoms with Gasteiger partial charge in [0.2, 0.25) is 12.2 Å². The lowest BCUT2D eigenvalue weighted by Gasteiger charge is -2.21. The van der Waals surface area contributed by atoms with Crippen LogP contribution in [0.15, 0.2) is 152 Å². The average Bonchev–Trinajstić information content (AvgIpc) is 3.59. The highest BCUT2D eigenvalue weighted by atomic mass is 19.1. The number of halogens is 2. The van der Waals surface area contributed by atoms with Gasteiger partial charge in [0, 0.05) is 25.0 Å². The molecule has 2 aliphatic carbocycles. The molecule has 3 unspecified atom stereocenters. The van der Waals surface area contributed by atoms with Crippen molar-refractivity contribution in [3.63, 3.8) is 0 Å². The molecule has 2 aliphatic rings. The van der Waals surface area contributed by atoms with Crippen molar-refractivity contribution in [2.24, 2.45) is 17.6 Å². The van der Waals surface area contributed by atoms with Crippen LogP contribution in [-0.4, -0.2) is 80.3 Å².